The topological polar surface area (TPSA) is 32.3 Å². The van der Waals surface area contributed by atoms with Crippen molar-refractivity contribution in [2.75, 3.05) is 10.2 Å². The molecule has 1 amide bonds. The summed E-state index contributed by atoms with van der Waals surface area (Å²) in [5.41, 5.74) is 3.43. The second-order valence-electron chi connectivity index (χ2n) is 7.12. The van der Waals surface area contributed by atoms with Gasteiger partial charge in [0.1, 0.15) is 0 Å². The largest absolute Gasteiger partial charge is 0.378 e. The smallest absolute Gasteiger partial charge is 0.224 e. The van der Waals surface area contributed by atoms with Crippen LogP contribution >= 0.6 is 0 Å². The maximum Gasteiger partial charge on any atom is 0.224 e. The van der Waals surface area contributed by atoms with Gasteiger partial charge in [0, 0.05) is 30.3 Å². The zero-order chi connectivity index (χ0) is 16.7. The molecular weight excluding hydrogens is 296 g/mol. The fourth-order valence-electron chi connectivity index (χ4n) is 4.23. The van der Waals surface area contributed by atoms with Crippen molar-refractivity contribution in [3.8, 4) is 0 Å². The van der Waals surface area contributed by atoms with Crippen molar-refractivity contribution >= 4 is 17.3 Å². The first-order valence-corrected chi connectivity index (χ1v) is 8.87. The normalized spacial score (nSPS) is 25.9. The van der Waals surface area contributed by atoms with E-state index in [1.165, 1.54) is 18.4 Å². The number of anilines is 2. The van der Waals surface area contributed by atoms with Gasteiger partial charge in [-0.05, 0) is 42.5 Å². The molecule has 0 unspecified atom stereocenters. The first kappa shape index (κ1) is 15.3. The van der Waals surface area contributed by atoms with E-state index >= 15 is 0 Å². The number of para-hydroxylation sites is 2. The molecule has 124 valence electrons. The molecule has 3 atom stereocenters. The molecule has 3 heteroatoms. The van der Waals surface area contributed by atoms with E-state index in [9.17, 15) is 4.79 Å². The maximum atomic E-state index is 12.4. The Bertz CT molecular complexity index is 739. The third-order valence-corrected chi connectivity index (χ3v) is 5.43. The Balaban J connectivity index is 1.78. The van der Waals surface area contributed by atoms with Crippen molar-refractivity contribution in [3.05, 3.63) is 60.2 Å². The SMILES string of the molecule is CC(=O)N1c2ccccc2[C@H](Nc2ccccc2)[C@H](C)[C@@H]1C1CC1. The summed E-state index contributed by atoms with van der Waals surface area (Å²) >= 11 is 0. The number of rotatable bonds is 3. The van der Waals surface area contributed by atoms with Gasteiger partial charge < -0.3 is 10.2 Å². The Morgan fingerprint density at radius 3 is 2.38 bits per heavy atom. The number of nitrogens with zero attached hydrogens (tertiary/aromatic N) is 1. The van der Waals surface area contributed by atoms with E-state index in [4.69, 9.17) is 0 Å². The molecule has 24 heavy (non-hydrogen) atoms. The Morgan fingerprint density at radius 1 is 1.04 bits per heavy atom. The summed E-state index contributed by atoms with van der Waals surface area (Å²) in [6, 6.07) is 19.2. The standard InChI is InChI=1S/C21H24N2O/c1-14-20(22-17-8-4-3-5-9-17)18-10-6-7-11-19(18)23(15(2)24)21(14)16-12-13-16/h3-11,14,16,20-22H,12-13H2,1-2H3/t14-,20+,21+/m0/s1. The quantitative estimate of drug-likeness (QED) is 0.895. The van der Waals surface area contributed by atoms with Gasteiger partial charge in [-0.15, -0.1) is 0 Å². The number of fused-ring (bicyclic) bond motifs is 1. The van der Waals surface area contributed by atoms with Crippen molar-refractivity contribution in [2.24, 2.45) is 11.8 Å². The zero-order valence-corrected chi connectivity index (χ0v) is 14.3. The lowest BCUT2D eigenvalue weighted by molar-refractivity contribution is -0.117. The minimum absolute atomic E-state index is 0.157. The third kappa shape index (κ3) is 2.58. The average molecular weight is 320 g/mol. The number of carbonyl (C=O) groups excluding carboxylic acids is 1. The first-order valence-electron chi connectivity index (χ1n) is 8.87. The minimum atomic E-state index is 0.157. The van der Waals surface area contributed by atoms with Crippen LogP contribution in [0.25, 0.3) is 0 Å². The molecule has 2 aliphatic rings. The molecule has 0 bridgehead atoms. The van der Waals surface area contributed by atoms with Gasteiger partial charge in [-0.25, -0.2) is 0 Å². The van der Waals surface area contributed by atoms with E-state index in [1.54, 1.807) is 6.92 Å². The van der Waals surface area contributed by atoms with Gasteiger partial charge in [-0.1, -0.05) is 43.3 Å². The summed E-state index contributed by atoms with van der Waals surface area (Å²) in [6.45, 7) is 3.99. The Kier molecular flexibility index (Phi) is 3.79. The lowest BCUT2D eigenvalue weighted by Gasteiger charge is -2.46. The van der Waals surface area contributed by atoms with Crippen LogP contribution in [0.5, 0.6) is 0 Å². The van der Waals surface area contributed by atoms with Gasteiger partial charge in [0.25, 0.3) is 0 Å². The van der Waals surface area contributed by atoms with Crippen LogP contribution in [0.2, 0.25) is 0 Å². The average Bonchev–Trinajstić information content (AvgIpc) is 3.42. The van der Waals surface area contributed by atoms with E-state index in [0.29, 0.717) is 17.9 Å². The maximum absolute atomic E-state index is 12.4. The molecule has 0 spiro atoms. The van der Waals surface area contributed by atoms with Gasteiger partial charge in [0.2, 0.25) is 5.91 Å². The summed E-state index contributed by atoms with van der Waals surface area (Å²) in [4.78, 5) is 14.5. The number of hydrogen-bond donors (Lipinski definition) is 1. The van der Waals surface area contributed by atoms with E-state index < -0.39 is 0 Å². The highest BCUT2D eigenvalue weighted by atomic mass is 16.2. The molecule has 1 saturated carbocycles. The number of amides is 1. The second-order valence-corrected chi connectivity index (χ2v) is 7.12. The summed E-state index contributed by atoms with van der Waals surface area (Å²) in [7, 11) is 0. The van der Waals surface area contributed by atoms with Gasteiger partial charge in [-0.3, -0.25) is 4.79 Å². The van der Waals surface area contributed by atoms with Gasteiger partial charge >= 0.3 is 0 Å². The Hall–Kier alpha value is -2.29. The Morgan fingerprint density at radius 2 is 1.71 bits per heavy atom. The molecule has 2 aromatic carbocycles. The van der Waals surface area contributed by atoms with Gasteiger partial charge in [0.15, 0.2) is 0 Å². The highest BCUT2D eigenvalue weighted by molar-refractivity contribution is 5.94. The molecule has 1 fully saturated rings. The van der Waals surface area contributed by atoms with E-state index in [0.717, 1.165) is 11.4 Å². The van der Waals surface area contributed by atoms with Crippen molar-refractivity contribution < 1.29 is 4.79 Å². The minimum Gasteiger partial charge on any atom is -0.378 e. The van der Waals surface area contributed by atoms with Gasteiger partial charge in [0.05, 0.1) is 6.04 Å². The zero-order valence-electron chi connectivity index (χ0n) is 14.3. The van der Waals surface area contributed by atoms with Crippen molar-refractivity contribution in [2.45, 2.75) is 38.8 Å². The number of nitrogens with one attached hydrogen (secondary N) is 1. The van der Waals surface area contributed by atoms with Crippen LogP contribution in [0.1, 0.15) is 38.3 Å². The molecule has 0 saturated heterocycles. The second kappa shape index (κ2) is 5.97. The highest BCUT2D eigenvalue weighted by Gasteiger charge is 2.47. The number of carbonyl (C=O) groups is 1. The molecule has 2 aromatic rings. The van der Waals surface area contributed by atoms with E-state index in [2.05, 4.69) is 59.6 Å². The van der Waals surface area contributed by atoms with Crippen LogP contribution in [0.3, 0.4) is 0 Å². The van der Waals surface area contributed by atoms with Crippen molar-refractivity contribution in [1.82, 2.24) is 0 Å². The molecule has 0 aromatic heterocycles. The Labute approximate surface area is 143 Å². The predicted octanol–water partition coefficient (Wildman–Crippen LogP) is 4.62. The van der Waals surface area contributed by atoms with Crippen LogP contribution in [0, 0.1) is 11.8 Å². The van der Waals surface area contributed by atoms with Crippen LogP contribution in [0.4, 0.5) is 11.4 Å². The summed E-state index contributed by atoms with van der Waals surface area (Å²) in [5, 5.41) is 3.72. The van der Waals surface area contributed by atoms with E-state index in [1.807, 2.05) is 12.1 Å². The molecule has 1 aliphatic carbocycles. The van der Waals surface area contributed by atoms with Crippen LogP contribution in [0.15, 0.2) is 54.6 Å². The van der Waals surface area contributed by atoms with Crippen LogP contribution in [-0.4, -0.2) is 11.9 Å². The molecule has 0 radical (unpaired) electrons. The molecular formula is C21H24N2O. The van der Waals surface area contributed by atoms with Crippen molar-refractivity contribution in [1.29, 1.82) is 0 Å². The molecule has 1 N–H and O–H groups in total. The lowest BCUT2D eigenvalue weighted by Crippen LogP contribution is -2.51. The monoisotopic (exact) mass is 320 g/mol. The predicted molar refractivity (Wildman–Crippen MR) is 98.1 cm³/mol. The number of hydrogen-bond acceptors (Lipinski definition) is 2. The van der Waals surface area contributed by atoms with Crippen LogP contribution < -0.4 is 10.2 Å². The summed E-state index contributed by atoms with van der Waals surface area (Å²) in [5.74, 6) is 1.16. The molecule has 1 heterocycles. The fraction of sp³-hybridized carbons (Fsp3) is 0.381. The summed E-state index contributed by atoms with van der Waals surface area (Å²) < 4.78 is 0. The summed E-state index contributed by atoms with van der Waals surface area (Å²) in [6.07, 6.45) is 2.47. The highest BCUT2D eigenvalue weighted by Crippen LogP contribution is 2.49. The molecule has 1 aliphatic heterocycles. The van der Waals surface area contributed by atoms with Crippen molar-refractivity contribution in [3.63, 3.8) is 0 Å². The first-order chi connectivity index (χ1) is 11.7. The third-order valence-electron chi connectivity index (χ3n) is 5.43. The lowest BCUT2D eigenvalue weighted by atomic mass is 9.80. The molecule has 4 rings (SSSR count). The fourth-order valence-corrected chi connectivity index (χ4v) is 4.23. The van der Waals surface area contributed by atoms with E-state index in [-0.39, 0.29) is 11.9 Å². The molecule has 3 nitrogen and oxygen atoms in total. The van der Waals surface area contributed by atoms with Crippen LogP contribution in [-0.2, 0) is 4.79 Å². The number of benzene rings is 2. The van der Waals surface area contributed by atoms with Gasteiger partial charge in [-0.2, -0.15) is 0 Å².